The van der Waals surface area contributed by atoms with E-state index in [1.165, 1.54) is 11.1 Å². The molecular formula is C17H16N2O. The maximum Gasteiger partial charge on any atom is 0.121 e. The molecule has 3 heteroatoms. The van der Waals surface area contributed by atoms with E-state index in [0.29, 0.717) is 6.54 Å². The lowest BCUT2D eigenvalue weighted by atomic mass is 10.00. The van der Waals surface area contributed by atoms with Crippen LogP contribution in [-0.2, 0) is 6.54 Å². The molecule has 0 atom stereocenters. The molecule has 2 N–H and O–H groups in total. The Morgan fingerprint density at radius 3 is 2.55 bits per heavy atom. The van der Waals surface area contributed by atoms with Crippen molar-refractivity contribution in [2.75, 3.05) is 7.11 Å². The van der Waals surface area contributed by atoms with Crippen LogP contribution in [0.3, 0.4) is 0 Å². The van der Waals surface area contributed by atoms with Crippen LogP contribution in [0.15, 0.2) is 54.7 Å². The second kappa shape index (κ2) is 5.31. The number of fused-ring (bicyclic) bond motifs is 1. The Labute approximate surface area is 118 Å². The van der Waals surface area contributed by atoms with Crippen LogP contribution in [0.5, 0.6) is 5.75 Å². The zero-order valence-corrected chi connectivity index (χ0v) is 11.3. The molecule has 3 nitrogen and oxygen atoms in total. The summed E-state index contributed by atoms with van der Waals surface area (Å²) in [5.41, 5.74) is 10.0. The third-order valence-corrected chi connectivity index (χ3v) is 3.45. The lowest BCUT2D eigenvalue weighted by molar-refractivity contribution is 0.415. The first-order chi connectivity index (χ1) is 9.81. The molecule has 1 heterocycles. The summed E-state index contributed by atoms with van der Waals surface area (Å²) in [4.78, 5) is 4.41. The Balaban J connectivity index is 2.14. The summed E-state index contributed by atoms with van der Waals surface area (Å²) in [6.07, 6.45) is 1.83. The summed E-state index contributed by atoms with van der Waals surface area (Å²) in [6.45, 7) is 0.564. The molecule has 0 saturated heterocycles. The maximum absolute atomic E-state index is 5.64. The third kappa shape index (κ3) is 2.24. The highest BCUT2D eigenvalue weighted by molar-refractivity contribution is 5.94. The largest absolute Gasteiger partial charge is 0.497 e. The molecule has 0 saturated carbocycles. The standard InChI is InChI=1S/C17H16N2O/c1-20-14-6-7-16-15(8-9-19-17(16)10-14)13-4-2-12(11-18)3-5-13/h2-10H,11,18H2,1H3. The quantitative estimate of drug-likeness (QED) is 0.789. The number of aromatic nitrogens is 1. The van der Waals surface area contributed by atoms with Crippen LogP contribution in [0.2, 0.25) is 0 Å². The molecule has 0 aliphatic rings. The Bertz CT molecular complexity index is 736. The predicted molar refractivity (Wildman–Crippen MR) is 81.6 cm³/mol. The summed E-state index contributed by atoms with van der Waals surface area (Å²) in [7, 11) is 1.66. The van der Waals surface area contributed by atoms with Crippen molar-refractivity contribution in [3.8, 4) is 16.9 Å². The number of benzene rings is 2. The fourth-order valence-electron chi connectivity index (χ4n) is 2.33. The van der Waals surface area contributed by atoms with E-state index in [1.807, 2.05) is 30.5 Å². The second-order valence-electron chi connectivity index (χ2n) is 4.64. The maximum atomic E-state index is 5.64. The van der Waals surface area contributed by atoms with Gasteiger partial charge in [0.25, 0.3) is 0 Å². The van der Waals surface area contributed by atoms with Gasteiger partial charge in [0.05, 0.1) is 12.6 Å². The molecule has 0 radical (unpaired) electrons. The summed E-state index contributed by atoms with van der Waals surface area (Å²) >= 11 is 0. The van der Waals surface area contributed by atoms with Gasteiger partial charge in [-0.15, -0.1) is 0 Å². The first-order valence-corrected chi connectivity index (χ1v) is 6.54. The van der Waals surface area contributed by atoms with E-state index in [-0.39, 0.29) is 0 Å². The van der Waals surface area contributed by atoms with E-state index in [4.69, 9.17) is 10.5 Å². The van der Waals surface area contributed by atoms with Gasteiger partial charge in [0.2, 0.25) is 0 Å². The van der Waals surface area contributed by atoms with Crippen LogP contribution in [0.4, 0.5) is 0 Å². The summed E-state index contributed by atoms with van der Waals surface area (Å²) in [6, 6.07) is 16.3. The van der Waals surface area contributed by atoms with Gasteiger partial charge in [-0.3, -0.25) is 4.98 Å². The molecule has 20 heavy (non-hydrogen) atoms. The van der Waals surface area contributed by atoms with Crippen LogP contribution in [0, 0.1) is 0 Å². The van der Waals surface area contributed by atoms with E-state index in [2.05, 4.69) is 29.2 Å². The molecular weight excluding hydrogens is 248 g/mol. The normalized spacial score (nSPS) is 10.7. The number of rotatable bonds is 3. The average Bonchev–Trinajstić information content (AvgIpc) is 2.54. The number of hydrogen-bond donors (Lipinski definition) is 1. The number of methoxy groups -OCH3 is 1. The lowest BCUT2D eigenvalue weighted by Crippen LogP contribution is -1.95. The summed E-state index contributed by atoms with van der Waals surface area (Å²) < 4.78 is 5.24. The number of ether oxygens (including phenoxy) is 1. The summed E-state index contributed by atoms with van der Waals surface area (Å²) in [5, 5.41) is 1.12. The van der Waals surface area contributed by atoms with Crippen molar-refractivity contribution in [1.82, 2.24) is 4.98 Å². The van der Waals surface area contributed by atoms with Crippen molar-refractivity contribution in [2.24, 2.45) is 5.73 Å². The fraction of sp³-hybridized carbons (Fsp3) is 0.118. The fourth-order valence-corrected chi connectivity index (χ4v) is 2.33. The molecule has 1 aromatic heterocycles. The smallest absolute Gasteiger partial charge is 0.121 e. The van der Waals surface area contributed by atoms with Crippen molar-refractivity contribution in [3.05, 3.63) is 60.3 Å². The molecule has 0 aliphatic heterocycles. The van der Waals surface area contributed by atoms with E-state index in [1.54, 1.807) is 7.11 Å². The second-order valence-corrected chi connectivity index (χ2v) is 4.64. The monoisotopic (exact) mass is 264 g/mol. The van der Waals surface area contributed by atoms with Crippen LogP contribution < -0.4 is 10.5 Å². The molecule has 0 bridgehead atoms. The average molecular weight is 264 g/mol. The Kier molecular flexibility index (Phi) is 3.35. The van der Waals surface area contributed by atoms with Crippen LogP contribution in [-0.4, -0.2) is 12.1 Å². The van der Waals surface area contributed by atoms with E-state index in [9.17, 15) is 0 Å². The highest BCUT2D eigenvalue weighted by atomic mass is 16.5. The third-order valence-electron chi connectivity index (χ3n) is 3.45. The molecule has 3 rings (SSSR count). The number of nitrogens with two attached hydrogens (primary N) is 1. The molecule has 0 unspecified atom stereocenters. The van der Waals surface area contributed by atoms with Gasteiger partial charge >= 0.3 is 0 Å². The molecule has 0 spiro atoms. The lowest BCUT2D eigenvalue weighted by Gasteiger charge is -2.08. The minimum atomic E-state index is 0.564. The molecule has 0 amide bonds. The van der Waals surface area contributed by atoms with Crippen molar-refractivity contribution in [2.45, 2.75) is 6.54 Å². The number of nitrogens with zero attached hydrogens (tertiary/aromatic N) is 1. The zero-order valence-electron chi connectivity index (χ0n) is 11.3. The van der Waals surface area contributed by atoms with Crippen LogP contribution in [0.1, 0.15) is 5.56 Å². The molecule has 2 aromatic carbocycles. The van der Waals surface area contributed by atoms with Crippen LogP contribution in [0.25, 0.3) is 22.0 Å². The Morgan fingerprint density at radius 2 is 1.85 bits per heavy atom. The van der Waals surface area contributed by atoms with Gasteiger partial charge in [-0.25, -0.2) is 0 Å². The highest BCUT2D eigenvalue weighted by Crippen LogP contribution is 2.29. The molecule has 3 aromatic rings. The Hall–Kier alpha value is -2.39. The SMILES string of the molecule is COc1ccc2c(-c3ccc(CN)cc3)ccnc2c1. The highest BCUT2D eigenvalue weighted by Gasteiger charge is 2.05. The van der Waals surface area contributed by atoms with Gasteiger partial charge in [-0.1, -0.05) is 24.3 Å². The number of hydrogen-bond acceptors (Lipinski definition) is 3. The minimum absolute atomic E-state index is 0.564. The predicted octanol–water partition coefficient (Wildman–Crippen LogP) is 3.37. The minimum Gasteiger partial charge on any atom is -0.497 e. The van der Waals surface area contributed by atoms with Crippen LogP contribution >= 0.6 is 0 Å². The van der Waals surface area contributed by atoms with E-state index in [0.717, 1.165) is 22.2 Å². The van der Waals surface area contributed by atoms with Gasteiger partial charge in [0, 0.05) is 24.2 Å². The molecule has 0 fully saturated rings. The topological polar surface area (TPSA) is 48.1 Å². The van der Waals surface area contributed by atoms with Gasteiger partial charge in [0.15, 0.2) is 0 Å². The van der Waals surface area contributed by atoms with Gasteiger partial charge < -0.3 is 10.5 Å². The number of pyridine rings is 1. The first kappa shape index (κ1) is 12.6. The zero-order chi connectivity index (χ0) is 13.9. The first-order valence-electron chi connectivity index (χ1n) is 6.54. The van der Waals surface area contributed by atoms with E-state index >= 15 is 0 Å². The van der Waals surface area contributed by atoms with Crippen molar-refractivity contribution >= 4 is 10.9 Å². The molecule has 0 aliphatic carbocycles. The molecule has 100 valence electrons. The van der Waals surface area contributed by atoms with Gasteiger partial charge in [-0.05, 0) is 34.9 Å². The van der Waals surface area contributed by atoms with Gasteiger partial charge in [-0.2, -0.15) is 0 Å². The Morgan fingerprint density at radius 1 is 1.05 bits per heavy atom. The van der Waals surface area contributed by atoms with Crippen molar-refractivity contribution in [1.29, 1.82) is 0 Å². The van der Waals surface area contributed by atoms with E-state index < -0.39 is 0 Å². The van der Waals surface area contributed by atoms with Crippen molar-refractivity contribution in [3.63, 3.8) is 0 Å². The van der Waals surface area contributed by atoms with Crippen molar-refractivity contribution < 1.29 is 4.74 Å². The summed E-state index contributed by atoms with van der Waals surface area (Å²) in [5.74, 6) is 0.820. The van der Waals surface area contributed by atoms with Gasteiger partial charge in [0.1, 0.15) is 5.75 Å².